The first kappa shape index (κ1) is 27.2. The first-order valence-electron chi connectivity index (χ1n) is 12.2. The van der Waals surface area contributed by atoms with E-state index in [4.69, 9.17) is 20.6 Å². The summed E-state index contributed by atoms with van der Waals surface area (Å²) in [6.07, 6.45) is 9.56. The van der Waals surface area contributed by atoms with Crippen LogP contribution in [0.1, 0.15) is 68.9 Å². The topological polar surface area (TPSA) is 122 Å². The van der Waals surface area contributed by atoms with Crippen molar-refractivity contribution in [1.29, 1.82) is 0 Å². The number of esters is 2. The fourth-order valence-corrected chi connectivity index (χ4v) is 7.20. The fraction of sp³-hybridized carbons (Fsp3) is 0.593. The number of carboxylic acids is 1. The van der Waals surface area contributed by atoms with E-state index in [2.05, 4.69) is 12.8 Å². The van der Waals surface area contributed by atoms with Crippen molar-refractivity contribution >= 4 is 17.9 Å². The van der Waals surface area contributed by atoms with Crippen molar-refractivity contribution < 1.29 is 68.4 Å². The van der Waals surface area contributed by atoms with Gasteiger partial charge in [-0.05, 0) is 79.5 Å². The van der Waals surface area contributed by atoms with E-state index in [0.717, 1.165) is 37.7 Å². The minimum atomic E-state index is -1.92. The molecule has 0 spiro atoms. The molecule has 1 saturated heterocycles. The summed E-state index contributed by atoms with van der Waals surface area (Å²) in [5, 5.41) is 22.2. The molecule has 3 fully saturated rings. The molecule has 4 aliphatic rings. The molecular weight excluding hydrogens is 475 g/mol. The molecule has 0 bridgehead atoms. The Morgan fingerprint density at radius 2 is 2.03 bits per heavy atom. The first-order chi connectivity index (χ1) is 16.6. The number of carbonyl (C=O) groups is 3. The second-order valence-corrected chi connectivity index (χ2v) is 10.7. The van der Waals surface area contributed by atoms with Crippen LogP contribution in [0.15, 0.2) is 18.2 Å². The van der Waals surface area contributed by atoms with Gasteiger partial charge in [-0.3, -0.25) is 4.79 Å². The van der Waals surface area contributed by atoms with Crippen molar-refractivity contribution in [2.75, 3.05) is 6.79 Å². The Morgan fingerprint density at radius 1 is 1.25 bits per heavy atom. The molecule has 36 heavy (non-hydrogen) atoms. The summed E-state index contributed by atoms with van der Waals surface area (Å²) in [5.74, 6) is 1.01. The molecule has 2 saturated carbocycles. The smallest absolute Gasteiger partial charge is 0.550 e. The Bertz CT molecular complexity index is 1130. The number of aryl methyl sites for hydroxylation is 1. The van der Waals surface area contributed by atoms with E-state index in [9.17, 15) is 24.6 Å². The second-order valence-electron chi connectivity index (χ2n) is 10.7. The van der Waals surface area contributed by atoms with Crippen molar-refractivity contribution in [3.05, 3.63) is 29.3 Å². The molecule has 0 radical (unpaired) electrons. The van der Waals surface area contributed by atoms with Gasteiger partial charge in [-0.1, -0.05) is 18.9 Å². The van der Waals surface area contributed by atoms with Crippen LogP contribution in [0.2, 0.25) is 0 Å². The summed E-state index contributed by atoms with van der Waals surface area (Å²) in [7, 11) is 0. The number of cyclic esters (lactones) is 1. The van der Waals surface area contributed by atoms with Gasteiger partial charge in [0, 0.05) is 17.8 Å². The number of ether oxygens (including phenoxy) is 3. The number of benzene rings is 1. The molecule has 1 aromatic rings. The molecule has 4 unspecified atom stereocenters. The number of fused-ring (bicyclic) bond motifs is 5. The first-order valence-corrected chi connectivity index (χ1v) is 12.2. The van der Waals surface area contributed by atoms with Crippen LogP contribution in [0.3, 0.4) is 0 Å². The van der Waals surface area contributed by atoms with E-state index >= 15 is 0 Å². The Hall–Kier alpha value is -1.89. The van der Waals surface area contributed by atoms with Gasteiger partial charge in [0.25, 0.3) is 0 Å². The summed E-state index contributed by atoms with van der Waals surface area (Å²) in [4.78, 5) is 35.7. The average molecular weight is 505 g/mol. The summed E-state index contributed by atoms with van der Waals surface area (Å²) < 4.78 is 15.3. The number of terminal acetylenes is 1. The van der Waals surface area contributed by atoms with Crippen LogP contribution in [0.5, 0.6) is 5.75 Å². The van der Waals surface area contributed by atoms with Crippen LogP contribution in [0, 0.1) is 29.6 Å². The zero-order valence-corrected chi connectivity index (χ0v) is 22.7. The van der Waals surface area contributed by atoms with Gasteiger partial charge in [0.2, 0.25) is 0 Å². The van der Waals surface area contributed by atoms with Crippen molar-refractivity contribution in [3.63, 3.8) is 0 Å². The van der Waals surface area contributed by atoms with Crippen LogP contribution >= 0.6 is 0 Å². The number of hydrogen-bond acceptors (Lipinski definition) is 8. The Morgan fingerprint density at radius 3 is 2.69 bits per heavy atom. The molecule has 8 nitrogen and oxygen atoms in total. The third-order valence-corrected chi connectivity index (χ3v) is 9.08. The van der Waals surface area contributed by atoms with Gasteiger partial charge in [0.15, 0.2) is 12.4 Å². The second kappa shape index (κ2) is 9.77. The van der Waals surface area contributed by atoms with Gasteiger partial charge in [0.05, 0.1) is 6.42 Å². The molecular formula is C27H29NaO8. The van der Waals surface area contributed by atoms with Crippen molar-refractivity contribution in [1.82, 2.24) is 0 Å². The van der Waals surface area contributed by atoms with E-state index in [-0.39, 0.29) is 35.0 Å². The monoisotopic (exact) mass is 504 g/mol. The summed E-state index contributed by atoms with van der Waals surface area (Å²) in [6.45, 7) is 1.73. The van der Waals surface area contributed by atoms with Crippen LogP contribution < -0.4 is 39.4 Å². The molecule has 0 amide bonds. The van der Waals surface area contributed by atoms with Gasteiger partial charge < -0.3 is 29.2 Å². The number of carbonyl (C=O) groups excluding carboxylic acids is 3. The van der Waals surface area contributed by atoms with Crippen molar-refractivity contribution in [3.8, 4) is 18.1 Å². The third-order valence-electron chi connectivity index (χ3n) is 9.08. The standard InChI is InChI=1S/C27H30O8.Na/c1-3-27(32)11-9-21-20-6-4-16-12-17(5-7-18(16)19(20)8-10-25(21,27)2)35-23(30)14-26(13-22(28)29)24(31)33-15-34-26;/h1,5,7,12,19-21,32H,4,6,8-11,13-15H2,2H3,(H,28,29);/q;+1/p-1/t19?,20?,21?,25-,26?,27-;/m0./s1. The van der Waals surface area contributed by atoms with Crippen molar-refractivity contribution in [2.45, 2.75) is 75.4 Å². The molecule has 1 heterocycles. The maximum Gasteiger partial charge on any atom is 1.00 e. The van der Waals surface area contributed by atoms with E-state index in [1.165, 1.54) is 5.56 Å². The molecule has 3 aliphatic carbocycles. The van der Waals surface area contributed by atoms with E-state index in [1.54, 1.807) is 6.07 Å². The van der Waals surface area contributed by atoms with Crippen LogP contribution in [-0.2, 0) is 30.3 Å². The Labute approximate surface area is 232 Å². The molecule has 186 valence electrons. The molecule has 1 N–H and O–H groups in total. The SMILES string of the molecule is C#C[C@]1(O)CCC2C3CCc4cc(OC(=O)CC5(CC(=O)[O-])OCOC5=O)ccc4C3CC[C@@]21C.[Na+]. The number of hydrogen-bond donors (Lipinski definition) is 1. The zero-order chi connectivity index (χ0) is 25.0. The van der Waals surface area contributed by atoms with Gasteiger partial charge >= 0.3 is 41.5 Å². The average Bonchev–Trinajstić information content (AvgIpc) is 3.29. The molecule has 6 atom stereocenters. The predicted octanol–water partition coefficient (Wildman–Crippen LogP) is -1.38. The molecule has 1 aromatic carbocycles. The number of rotatable bonds is 5. The van der Waals surface area contributed by atoms with Gasteiger partial charge in [-0.2, -0.15) is 0 Å². The largest absolute Gasteiger partial charge is 1.00 e. The molecule has 9 heteroatoms. The Kier molecular flexibility index (Phi) is 7.37. The molecule has 0 aromatic heterocycles. The van der Waals surface area contributed by atoms with E-state index < -0.39 is 48.7 Å². The third kappa shape index (κ3) is 4.29. The van der Waals surface area contributed by atoms with Gasteiger partial charge in [-0.15, -0.1) is 6.42 Å². The number of aliphatic hydroxyl groups is 1. The summed E-state index contributed by atoms with van der Waals surface area (Å²) in [6, 6.07) is 5.58. The van der Waals surface area contributed by atoms with Crippen molar-refractivity contribution in [2.24, 2.45) is 17.3 Å². The van der Waals surface area contributed by atoms with Gasteiger partial charge in [0.1, 0.15) is 11.4 Å². The van der Waals surface area contributed by atoms with Gasteiger partial charge in [-0.25, -0.2) is 4.79 Å². The van der Waals surface area contributed by atoms with Crippen LogP contribution in [-0.4, -0.2) is 41.0 Å². The predicted molar refractivity (Wildman–Crippen MR) is 119 cm³/mol. The maximum atomic E-state index is 12.6. The Balaban J connectivity index is 0.00000304. The number of carboxylic acid groups (broad SMARTS) is 1. The summed E-state index contributed by atoms with van der Waals surface area (Å²) >= 11 is 0. The quantitative estimate of drug-likeness (QED) is 0.225. The van der Waals surface area contributed by atoms with E-state index in [0.29, 0.717) is 29.9 Å². The normalized spacial score (nSPS) is 36.4. The molecule has 1 aliphatic heterocycles. The van der Waals surface area contributed by atoms with Crippen LogP contribution in [0.25, 0.3) is 0 Å². The molecule has 5 rings (SSSR count). The number of aliphatic carboxylic acids is 1. The van der Waals surface area contributed by atoms with E-state index in [1.807, 2.05) is 12.1 Å². The minimum absolute atomic E-state index is 0. The fourth-order valence-electron chi connectivity index (χ4n) is 7.20. The summed E-state index contributed by atoms with van der Waals surface area (Å²) in [5.41, 5.74) is -0.861. The zero-order valence-electron chi connectivity index (χ0n) is 20.7. The van der Waals surface area contributed by atoms with Crippen LogP contribution in [0.4, 0.5) is 0 Å². The minimum Gasteiger partial charge on any atom is -0.550 e. The maximum absolute atomic E-state index is 12.6.